The molecule has 3 aromatic rings. The number of hydrogen-bond acceptors (Lipinski definition) is 10. The van der Waals surface area contributed by atoms with Crippen LogP contribution in [0.5, 0.6) is 0 Å². The summed E-state index contributed by atoms with van der Waals surface area (Å²) in [4.78, 5) is 28.3. The summed E-state index contributed by atoms with van der Waals surface area (Å²) in [6.07, 6.45) is -6.07. The number of rotatable bonds is 11. The molecule has 1 N–H and O–H groups in total. The first-order valence-electron chi connectivity index (χ1n) is 14.0. The second kappa shape index (κ2) is 14.1. The van der Waals surface area contributed by atoms with E-state index in [1.165, 1.54) is 24.1 Å². The highest BCUT2D eigenvalue weighted by Crippen LogP contribution is 2.33. The predicted molar refractivity (Wildman–Crippen MR) is 153 cm³/mol. The van der Waals surface area contributed by atoms with Gasteiger partial charge in [0.05, 0.1) is 27.8 Å². The average molecular weight is 669 g/mol. The molecule has 1 saturated heterocycles. The topological polar surface area (TPSA) is 167 Å². The van der Waals surface area contributed by atoms with Crippen molar-refractivity contribution >= 4 is 22.1 Å². The third-order valence-electron chi connectivity index (χ3n) is 6.78. The number of aryl methyl sites for hydroxylation is 1. The minimum Gasteiger partial charge on any atom is -0.569 e. The van der Waals surface area contributed by atoms with Gasteiger partial charge in [-0.3, -0.25) is 9.63 Å². The van der Waals surface area contributed by atoms with E-state index in [0.29, 0.717) is 18.4 Å². The molecule has 2 atom stereocenters. The zero-order valence-corrected chi connectivity index (χ0v) is 25.7. The van der Waals surface area contributed by atoms with Crippen LogP contribution in [0, 0.1) is 12.1 Å². The van der Waals surface area contributed by atoms with Crippen molar-refractivity contribution in [2.45, 2.75) is 63.4 Å². The molecule has 1 fully saturated rings. The molecule has 0 saturated carbocycles. The lowest BCUT2D eigenvalue weighted by molar-refractivity contribution is -0.716. The van der Waals surface area contributed by atoms with E-state index in [-0.39, 0.29) is 40.8 Å². The van der Waals surface area contributed by atoms with E-state index in [0.717, 1.165) is 28.4 Å². The Bertz CT molecular complexity index is 1680. The Labute approximate surface area is 261 Å². The van der Waals surface area contributed by atoms with Crippen LogP contribution in [-0.2, 0) is 35.3 Å². The van der Waals surface area contributed by atoms with Crippen molar-refractivity contribution in [3.8, 4) is 16.9 Å². The number of sulfonamides is 1. The lowest BCUT2D eigenvalue weighted by atomic mass is 10.1. The second-order valence-electron chi connectivity index (χ2n) is 10.2. The van der Waals surface area contributed by atoms with Crippen LogP contribution in [0.1, 0.15) is 44.4 Å². The molecule has 2 aromatic carbocycles. The minimum atomic E-state index is -4.72. The zero-order chi connectivity index (χ0) is 33.6. The highest BCUT2D eigenvalue weighted by molar-refractivity contribution is 7.90. The van der Waals surface area contributed by atoms with Crippen LogP contribution in [0.15, 0.2) is 64.8 Å². The summed E-state index contributed by atoms with van der Waals surface area (Å²) in [5, 5.41) is 20.6. The Morgan fingerprint density at radius 3 is 2.48 bits per heavy atom. The van der Waals surface area contributed by atoms with Crippen molar-refractivity contribution in [1.29, 1.82) is 0 Å². The van der Waals surface area contributed by atoms with Crippen molar-refractivity contribution in [1.82, 2.24) is 19.5 Å². The van der Waals surface area contributed by atoms with Crippen LogP contribution in [0.3, 0.4) is 0 Å². The Morgan fingerprint density at radius 2 is 1.85 bits per heavy atom. The summed E-state index contributed by atoms with van der Waals surface area (Å²) in [7, 11) is -4.45. The first-order chi connectivity index (χ1) is 21.7. The summed E-state index contributed by atoms with van der Waals surface area (Å²) in [6.45, 7) is 4.67. The van der Waals surface area contributed by atoms with E-state index in [4.69, 9.17) is 14.3 Å². The SMILES string of the molecule is CCC(=O)OC(C)ON=[N+]([O-])N1CCC[C@H]1COC(=O)NS(=O)(=O)c1ccc(-n2nc(C(F)(F)F)cc2-c2ccc(C)cc2)cc1. The van der Waals surface area contributed by atoms with Gasteiger partial charge in [-0.2, -0.15) is 18.3 Å². The molecule has 2 heterocycles. The lowest BCUT2D eigenvalue weighted by Crippen LogP contribution is -2.40. The number of aromatic nitrogens is 2. The number of esters is 1. The van der Waals surface area contributed by atoms with E-state index in [2.05, 4.69) is 10.4 Å². The molecule has 0 bridgehead atoms. The van der Waals surface area contributed by atoms with E-state index < -0.39 is 46.3 Å². The van der Waals surface area contributed by atoms with Crippen molar-refractivity contribution in [3.63, 3.8) is 0 Å². The number of halogens is 3. The smallest absolute Gasteiger partial charge is 0.435 e. The van der Waals surface area contributed by atoms with Gasteiger partial charge in [0, 0.05) is 18.9 Å². The molecular formula is C28H31F3N6O8S. The molecule has 46 heavy (non-hydrogen) atoms. The third-order valence-corrected chi connectivity index (χ3v) is 8.11. The van der Waals surface area contributed by atoms with Crippen LogP contribution in [0.2, 0.25) is 0 Å². The molecule has 4 rings (SSSR count). The maximum Gasteiger partial charge on any atom is 0.435 e. The van der Waals surface area contributed by atoms with Gasteiger partial charge in [0.15, 0.2) is 5.69 Å². The molecule has 0 aliphatic carbocycles. The highest BCUT2D eigenvalue weighted by atomic mass is 32.2. The fourth-order valence-electron chi connectivity index (χ4n) is 4.44. The van der Waals surface area contributed by atoms with Crippen molar-refractivity contribution in [2.24, 2.45) is 5.28 Å². The molecule has 0 spiro atoms. The summed E-state index contributed by atoms with van der Waals surface area (Å²) in [5.41, 5.74) is 0.518. The highest BCUT2D eigenvalue weighted by Gasteiger charge is 2.36. The Morgan fingerprint density at radius 1 is 1.17 bits per heavy atom. The molecule has 18 heteroatoms. The van der Waals surface area contributed by atoms with Gasteiger partial charge < -0.3 is 14.7 Å². The van der Waals surface area contributed by atoms with Gasteiger partial charge in [0.2, 0.25) is 5.28 Å². The molecule has 1 aliphatic heterocycles. The number of hydrazine groups is 1. The lowest BCUT2D eigenvalue weighted by Gasteiger charge is -2.20. The standard InChI is InChI=1S/C28H31F3N6O8S/c1-4-26(38)44-19(3)45-34-37(40)35-15-5-6-22(35)17-43-27(39)33-46(41,42)23-13-11-21(12-14-23)36-24(16-25(32-36)28(29,30)31)20-9-7-18(2)8-10-20/h7-14,16,19,22H,4-6,15,17H2,1-3H3,(H,33,39)/t19?,22-/m0/s1. The van der Waals surface area contributed by atoms with Crippen molar-refractivity contribution in [3.05, 3.63) is 71.1 Å². The van der Waals surface area contributed by atoms with E-state index in [9.17, 15) is 36.4 Å². The van der Waals surface area contributed by atoms with Gasteiger partial charge >= 0.3 is 18.2 Å². The first-order valence-corrected chi connectivity index (χ1v) is 15.5. The number of hydrogen-bond donors (Lipinski definition) is 1. The number of carbonyl (C=O) groups is 2. The van der Waals surface area contributed by atoms with Crippen LogP contribution in [-0.4, -0.2) is 65.7 Å². The van der Waals surface area contributed by atoms with Crippen LogP contribution >= 0.6 is 0 Å². The molecule has 1 aromatic heterocycles. The number of nitrogens with zero attached hydrogens (tertiary/aromatic N) is 5. The maximum absolute atomic E-state index is 13.5. The van der Waals surface area contributed by atoms with Crippen LogP contribution < -0.4 is 4.72 Å². The third kappa shape index (κ3) is 8.43. The molecule has 1 aliphatic rings. The van der Waals surface area contributed by atoms with E-state index in [1.807, 2.05) is 6.92 Å². The average Bonchev–Trinajstić information content (AvgIpc) is 3.67. The number of ether oxygens (including phenoxy) is 2. The molecule has 248 valence electrons. The summed E-state index contributed by atoms with van der Waals surface area (Å²) in [5.74, 6) is -0.547. The van der Waals surface area contributed by atoms with Crippen LogP contribution in [0.25, 0.3) is 16.9 Å². The molecule has 0 radical (unpaired) electrons. The number of amides is 1. The Balaban J connectivity index is 1.40. The van der Waals surface area contributed by atoms with Crippen LogP contribution in [0.4, 0.5) is 18.0 Å². The summed E-state index contributed by atoms with van der Waals surface area (Å²) in [6, 6.07) is 11.7. The quantitative estimate of drug-likeness (QED) is 0.0980. The molecular weight excluding hydrogens is 637 g/mol. The van der Waals surface area contributed by atoms with Gasteiger partial charge in [-0.15, -0.1) is 5.01 Å². The number of nitrogens with one attached hydrogen (secondary N) is 1. The monoisotopic (exact) mass is 668 g/mol. The summed E-state index contributed by atoms with van der Waals surface area (Å²) < 4.78 is 78.9. The summed E-state index contributed by atoms with van der Waals surface area (Å²) >= 11 is 0. The first kappa shape index (κ1) is 34.0. The molecule has 14 nitrogen and oxygen atoms in total. The Kier molecular flexibility index (Phi) is 10.4. The Hall–Kier alpha value is -4.87. The minimum absolute atomic E-state index is 0.107. The van der Waals surface area contributed by atoms with Gasteiger partial charge in [-0.05, 0) is 50.1 Å². The van der Waals surface area contributed by atoms with E-state index in [1.54, 1.807) is 35.9 Å². The van der Waals surface area contributed by atoms with Crippen molar-refractivity contribution < 1.29 is 50.5 Å². The zero-order valence-electron chi connectivity index (χ0n) is 24.9. The normalized spacial score (nSPS) is 16.2. The fraction of sp³-hybridized carbons (Fsp3) is 0.393. The molecule has 1 unspecified atom stereocenters. The van der Waals surface area contributed by atoms with E-state index >= 15 is 0 Å². The maximum atomic E-state index is 13.5. The number of benzene rings is 2. The van der Waals surface area contributed by atoms with Gasteiger partial charge in [0.1, 0.15) is 12.6 Å². The largest absolute Gasteiger partial charge is 0.569 e. The fourth-order valence-corrected chi connectivity index (χ4v) is 5.33. The van der Waals surface area contributed by atoms with Gasteiger partial charge in [-0.1, -0.05) is 36.8 Å². The number of alkyl halides is 3. The van der Waals surface area contributed by atoms with Gasteiger partial charge in [-0.25, -0.2) is 22.6 Å². The second-order valence-corrected chi connectivity index (χ2v) is 11.9. The number of carbonyl (C=O) groups excluding carboxylic acids is 2. The molecule has 1 amide bonds. The predicted octanol–water partition coefficient (Wildman–Crippen LogP) is 4.85. The van der Waals surface area contributed by atoms with Crippen molar-refractivity contribution in [2.75, 3.05) is 13.2 Å². The van der Waals surface area contributed by atoms with Gasteiger partial charge in [0.25, 0.3) is 16.3 Å².